The topological polar surface area (TPSA) is 69.6 Å². The molecule has 2 heterocycles. The summed E-state index contributed by atoms with van der Waals surface area (Å²) in [6.07, 6.45) is 3.24. The van der Waals surface area contributed by atoms with Gasteiger partial charge in [-0.2, -0.15) is 0 Å². The van der Waals surface area contributed by atoms with Crippen molar-refractivity contribution >= 4 is 17.6 Å². The van der Waals surface area contributed by atoms with Gasteiger partial charge in [0.15, 0.2) is 5.96 Å². The summed E-state index contributed by atoms with van der Waals surface area (Å²) in [7, 11) is 1.74. The number of carbonyl (C=O) groups excluding carboxylic acids is 1. The molecule has 1 saturated heterocycles. The molecule has 0 spiro atoms. The third kappa shape index (κ3) is 4.59. The molecule has 0 saturated carbocycles. The summed E-state index contributed by atoms with van der Waals surface area (Å²) in [6.45, 7) is 3.38. The quantitative estimate of drug-likeness (QED) is 0.638. The van der Waals surface area contributed by atoms with Crippen LogP contribution in [0.5, 0.6) is 0 Å². The minimum absolute atomic E-state index is 0.0509. The highest BCUT2D eigenvalue weighted by molar-refractivity contribution is 5.97. The number of rotatable bonds is 5. The smallest absolute Gasteiger partial charge is 0.229 e. The van der Waals surface area contributed by atoms with E-state index in [9.17, 15) is 4.79 Å². The molecule has 136 valence electrons. The number of nitrogens with zero attached hydrogens (tertiary/aromatic N) is 3. The minimum atomic E-state index is 0.0509. The molecule has 1 aromatic heterocycles. The molecular weight excluding hydrogens is 326 g/mol. The lowest BCUT2D eigenvalue weighted by Gasteiger charge is -2.19. The van der Waals surface area contributed by atoms with Crippen LogP contribution in [0.15, 0.2) is 53.7 Å². The highest BCUT2D eigenvalue weighted by atomic mass is 16.2. The van der Waals surface area contributed by atoms with E-state index < -0.39 is 0 Å². The van der Waals surface area contributed by atoms with Gasteiger partial charge in [-0.25, -0.2) is 0 Å². The van der Waals surface area contributed by atoms with Gasteiger partial charge in [0.1, 0.15) is 0 Å². The molecule has 1 aliphatic heterocycles. The summed E-state index contributed by atoms with van der Waals surface area (Å²) in [5.41, 5.74) is 3.15. The Hall–Kier alpha value is -2.89. The van der Waals surface area contributed by atoms with Crippen LogP contribution >= 0.6 is 0 Å². The number of carbonyl (C=O) groups is 1. The molecule has 1 fully saturated rings. The summed E-state index contributed by atoms with van der Waals surface area (Å²) >= 11 is 0. The van der Waals surface area contributed by atoms with Gasteiger partial charge in [-0.3, -0.25) is 14.8 Å². The molecule has 1 unspecified atom stereocenters. The second-order valence-electron chi connectivity index (χ2n) is 6.44. The van der Waals surface area contributed by atoms with Crippen molar-refractivity contribution in [2.45, 2.75) is 25.8 Å². The van der Waals surface area contributed by atoms with Gasteiger partial charge in [0, 0.05) is 44.1 Å². The molecule has 1 amide bonds. The molecule has 6 heteroatoms. The molecule has 2 N–H and O–H groups in total. The summed E-state index contributed by atoms with van der Waals surface area (Å²) in [6, 6.07) is 13.9. The Balaban J connectivity index is 1.49. The monoisotopic (exact) mass is 351 g/mol. The maximum atomic E-state index is 12.3. The molecule has 0 aliphatic carbocycles. The largest absolute Gasteiger partial charge is 0.356 e. The average Bonchev–Trinajstić information content (AvgIpc) is 3.03. The van der Waals surface area contributed by atoms with Crippen molar-refractivity contribution < 1.29 is 4.79 Å². The van der Waals surface area contributed by atoms with Crippen LogP contribution in [0.4, 0.5) is 5.69 Å². The van der Waals surface area contributed by atoms with E-state index in [1.165, 1.54) is 5.56 Å². The lowest BCUT2D eigenvalue weighted by molar-refractivity contribution is -0.117. The Bertz CT molecular complexity index is 758. The summed E-state index contributed by atoms with van der Waals surface area (Å²) in [4.78, 5) is 22.7. The maximum absolute atomic E-state index is 12.3. The fourth-order valence-corrected chi connectivity index (χ4v) is 3.02. The Labute approximate surface area is 154 Å². The van der Waals surface area contributed by atoms with Crippen molar-refractivity contribution in [1.29, 1.82) is 0 Å². The Morgan fingerprint density at radius 3 is 2.77 bits per heavy atom. The summed E-state index contributed by atoms with van der Waals surface area (Å²) in [5.74, 6) is 0.854. The van der Waals surface area contributed by atoms with E-state index >= 15 is 0 Å². The third-order valence-electron chi connectivity index (χ3n) is 4.44. The second-order valence-corrected chi connectivity index (χ2v) is 6.44. The number of benzene rings is 1. The molecular formula is C20H25N5O. The fourth-order valence-electron chi connectivity index (χ4n) is 3.02. The van der Waals surface area contributed by atoms with Gasteiger partial charge in [0.25, 0.3) is 0 Å². The normalized spacial score (nSPS) is 17.5. The van der Waals surface area contributed by atoms with Crippen LogP contribution in [-0.4, -0.2) is 43.0 Å². The van der Waals surface area contributed by atoms with Crippen LogP contribution in [0.1, 0.15) is 17.7 Å². The number of anilines is 1. The zero-order valence-electron chi connectivity index (χ0n) is 15.3. The molecule has 0 radical (unpaired) electrons. The predicted octanol–water partition coefficient (Wildman–Crippen LogP) is 1.90. The standard InChI is InChI=1S/C20H25N5O/c1-15-8-9-16(13-23-15)10-11-22-20(21-2)24-17-12-19(26)25(14-17)18-6-4-3-5-7-18/h3-9,13,17H,10-12,14H2,1-2H3,(H2,21,22,24). The lowest BCUT2D eigenvalue weighted by atomic mass is 10.2. The Morgan fingerprint density at radius 2 is 2.08 bits per heavy atom. The highest BCUT2D eigenvalue weighted by Gasteiger charge is 2.30. The maximum Gasteiger partial charge on any atom is 0.229 e. The van der Waals surface area contributed by atoms with E-state index in [2.05, 4.69) is 26.7 Å². The van der Waals surface area contributed by atoms with Crippen molar-refractivity contribution in [2.24, 2.45) is 4.99 Å². The first-order valence-corrected chi connectivity index (χ1v) is 8.90. The van der Waals surface area contributed by atoms with Crippen LogP contribution in [0.25, 0.3) is 0 Å². The first-order chi connectivity index (χ1) is 12.7. The molecule has 6 nitrogen and oxygen atoms in total. The summed E-state index contributed by atoms with van der Waals surface area (Å²) in [5, 5.41) is 6.66. The third-order valence-corrected chi connectivity index (χ3v) is 4.44. The molecule has 1 atom stereocenters. The van der Waals surface area contributed by atoms with Gasteiger partial charge in [0.05, 0.1) is 6.04 Å². The first-order valence-electron chi connectivity index (χ1n) is 8.90. The number of amides is 1. The number of para-hydroxylation sites is 1. The molecule has 0 bridgehead atoms. The second kappa shape index (κ2) is 8.47. The number of aromatic nitrogens is 1. The Kier molecular flexibility index (Phi) is 5.84. The minimum Gasteiger partial charge on any atom is -0.356 e. The zero-order chi connectivity index (χ0) is 18.4. The molecule has 2 aromatic rings. The fraction of sp³-hybridized carbons (Fsp3) is 0.350. The van der Waals surface area contributed by atoms with Crippen molar-refractivity contribution in [3.63, 3.8) is 0 Å². The van der Waals surface area contributed by atoms with E-state index in [0.717, 1.165) is 30.3 Å². The molecule has 1 aromatic carbocycles. The van der Waals surface area contributed by atoms with Crippen LogP contribution in [0.3, 0.4) is 0 Å². The molecule has 3 rings (SSSR count). The average molecular weight is 351 g/mol. The summed E-state index contributed by atoms with van der Waals surface area (Å²) < 4.78 is 0. The van der Waals surface area contributed by atoms with E-state index in [-0.39, 0.29) is 11.9 Å². The van der Waals surface area contributed by atoms with E-state index in [1.807, 2.05) is 54.4 Å². The molecule has 26 heavy (non-hydrogen) atoms. The highest BCUT2D eigenvalue weighted by Crippen LogP contribution is 2.20. The van der Waals surface area contributed by atoms with Crippen molar-refractivity contribution in [2.75, 3.05) is 25.0 Å². The SMILES string of the molecule is CN=C(NCCc1ccc(C)nc1)NC1CC(=O)N(c2ccccc2)C1. The van der Waals surface area contributed by atoms with Crippen LogP contribution in [0, 0.1) is 6.92 Å². The number of guanidine groups is 1. The van der Waals surface area contributed by atoms with Gasteiger partial charge >= 0.3 is 0 Å². The number of nitrogens with one attached hydrogen (secondary N) is 2. The van der Waals surface area contributed by atoms with Crippen molar-refractivity contribution in [1.82, 2.24) is 15.6 Å². The number of pyridine rings is 1. The number of aryl methyl sites for hydroxylation is 1. The first kappa shape index (κ1) is 17.9. The van der Waals surface area contributed by atoms with E-state index in [4.69, 9.17) is 0 Å². The van der Waals surface area contributed by atoms with Gasteiger partial charge in [0.2, 0.25) is 5.91 Å². The van der Waals surface area contributed by atoms with Crippen LogP contribution in [-0.2, 0) is 11.2 Å². The van der Waals surface area contributed by atoms with Crippen molar-refractivity contribution in [3.05, 3.63) is 59.9 Å². The Morgan fingerprint density at radius 1 is 1.27 bits per heavy atom. The zero-order valence-corrected chi connectivity index (χ0v) is 15.3. The number of hydrogen-bond acceptors (Lipinski definition) is 3. The van der Waals surface area contributed by atoms with Gasteiger partial charge in [-0.1, -0.05) is 24.3 Å². The van der Waals surface area contributed by atoms with Crippen LogP contribution < -0.4 is 15.5 Å². The molecule has 1 aliphatic rings. The van der Waals surface area contributed by atoms with E-state index in [1.54, 1.807) is 7.05 Å². The van der Waals surface area contributed by atoms with Crippen molar-refractivity contribution in [3.8, 4) is 0 Å². The predicted molar refractivity (Wildman–Crippen MR) is 104 cm³/mol. The van der Waals surface area contributed by atoms with Gasteiger partial charge in [-0.15, -0.1) is 0 Å². The lowest BCUT2D eigenvalue weighted by Crippen LogP contribution is -2.45. The van der Waals surface area contributed by atoms with E-state index in [0.29, 0.717) is 13.0 Å². The van der Waals surface area contributed by atoms with Crippen LogP contribution in [0.2, 0.25) is 0 Å². The number of hydrogen-bond donors (Lipinski definition) is 2. The number of aliphatic imine (C=N–C) groups is 1. The van der Waals surface area contributed by atoms with Gasteiger partial charge < -0.3 is 15.5 Å². The van der Waals surface area contributed by atoms with Gasteiger partial charge in [-0.05, 0) is 37.1 Å².